The normalized spacial score (nSPS) is 10.8. The summed E-state index contributed by atoms with van der Waals surface area (Å²) in [6.45, 7) is 3.25. The Kier molecular flexibility index (Phi) is 5.30. The predicted octanol–water partition coefficient (Wildman–Crippen LogP) is 2.95. The summed E-state index contributed by atoms with van der Waals surface area (Å²) < 4.78 is 1.79. The van der Waals surface area contributed by atoms with Crippen molar-refractivity contribution in [1.29, 1.82) is 0 Å². The van der Waals surface area contributed by atoms with E-state index in [0.717, 1.165) is 17.7 Å². The molecule has 146 valence electrons. The molecule has 0 atom stereocenters. The lowest BCUT2D eigenvalue weighted by Crippen LogP contribution is -2.28. The van der Waals surface area contributed by atoms with Crippen LogP contribution in [-0.2, 0) is 6.54 Å². The highest BCUT2D eigenvalue weighted by Gasteiger charge is 2.08. The number of benzene rings is 1. The summed E-state index contributed by atoms with van der Waals surface area (Å²) in [6.07, 6.45) is 5.33. The Bertz CT molecular complexity index is 1170. The molecule has 0 saturated heterocycles. The van der Waals surface area contributed by atoms with Gasteiger partial charge < -0.3 is 15.7 Å². The van der Waals surface area contributed by atoms with Gasteiger partial charge in [0.25, 0.3) is 0 Å². The van der Waals surface area contributed by atoms with E-state index in [-0.39, 0.29) is 5.75 Å². The van der Waals surface area contributed by atoms with Gasteiger partial charge >= 0.3 is 0 Å². The smallest absolute Gasteiger partial charge is 0.180 e. The standard InChI is InChI=1S/C20H19N7OS/c1-2-21-20(29)26-18-7-6-16-19(25-18)24-17(10-22-16)14-9-23-27(12-14)11-13-4-3-5-15(28)8-13/h3-10,12,28H,2,11H2,1H3,(H2,21,24,25,26,29). The number of thiocarbonyl (C=S) groups is 1. The second-order valence-electron chi connectivity index (χ2n) is 6.38. The van der Waals surface area contributed by atoms with E-state index in [1.54, 1.807) is 29.2 Å². The number of nitrogens with one attached hydrogen (secondary N) is 2. The zero-order valence-corrected chi connectivity index (χ0v) is 16.5. The zero-order valence-electron chi connectivity index (χ0n) is 15.7. The number of fused-ring (bicyclic) bond motifs is 1. The molecule has 0 aliphatic heterocycles. The second kappa shape index (κ2) is 8.19. The van der Waals surface area contributed by atoms with Gasteiger partial charge in [-0.2, -0.15) is 5.10 Å². The molecule has 0 aliphatic carbocycles. The van der Waals surface area contributed by atoms with E-state index < -0.39 is 0 Å². The fourth-order valence-electron chi connectivity index (χ4n) is 2.85. The molecule has 3 heterocycles. The average Bonchev–Trinajstić information content (AvgIpc) is 3.16. The van der Waals surface area contributed by atoms with Crippen molar-refractivity contribution >= 4 is 34.3 Å². The SMILES string of the molecule is CCNC(=S)Nc1ccc2ncc(-c3cnn(Cc4cccc(O)c4)c3)nc2n1. The molecule has 1 aromatic carbocycles. The average molecular weight is 405 g/mol. The van der Waals surface area contributed by atoms with Crippen molar-refractivity contribution in [3.05, 3.63) is 60.6 Å². The lowest BCUT2D eigenvalue weighted by atomic mass is 10.2. The van der Waals surface area contributed by atoms with E-state index >= 15 is 0 Å². The number of phenolic OH excluding ortho intramolecular Hbond substituents is 1. The van der Waals surface area contributed by atoms with Gasteiger partial charge in [0.05, 0.1) is 24.6 Å². The summed E-state index contributed by atoms with van der Waals surface area (Å²) in [5.41, 5.74) is 3.69. The molecule has 8 nitrogen and oxygen atoms in total. The summed E-state index contributed by atoms with van der Waals surface area (Å²) in [7, 11) is 0. The molecule has 0 spiro atoms. The van der Waals surface area contributed by atoms with Gasteiger partial charge in [-0.05, 0) is 49.0 Å². The minimum atomic E-state index is 0.236. The number of nitrogens with zero attached hydrogens (tertiary/aromatic N) is 5. The summed E-state index contributed by atoms with van der Waals surface area (Å²) >= 11 is 5.20. The molecule has 0 fully saturated rings. The van der Waals surface area contributed by atoms with Gasteiger partial charge in [0, 0.05) is 18.3 Å². The molecule has 0 aliphatic rings. The molecule has 0 radical (unpaired) electrons. The van der Waals surface area contributed by atoms with Gasteiger partial charge in [-0.15, -0.1) is 0 Å². The van der Waals surface area contributed by atoms with Crippen molar-refractivity contribution in [1.82, 2.24) is 30.0 Å². The summed E-state index contributed by atoms with van der Waals surface area (Å²) in [4.78, 5) is 13.6. The fourth-order valence-corrected chi connectivity index (χ4v) is 3.10. The molecule has 4 rings (SSSR count). The minimum Gasteiger partial charge on any atom is -0.508 e. The minimum absolute atomic E-state index is 0.236. The summed E-state index contributed by atoms with van der Waals surface area (Å²) in [5, 5.41) is 20.6. The zero-order chi connectivity index (χ0) is 20.2. The molecule has 3 N–H and O–H groups in total. The third kappa shape index (κ3) is 4.46. The number of aromatic nitrogens is 5. The lowest BCUT2D eigenvalue weighted by Gasteiger charge is -2.08. The first kappa shape index (κ1) is 18.8. The maximum atomic E-state index is 9.61. The van der Waals surface area contributed by atoms with Gasteiger partial charge in [-0.3, -0.25) is 9.67 Å². The molecule has 0 amide bonds. The first-order chi connectivity index (χ1) is 14.1. The number of anilines is 1. The van der Waals surface area contributed by atoms with Gasteiger partial charge in [0.2, 0.25) is 0 Å². The van der Waals surface area contributed by atoms with Crippen molar-refractivity contribution in [2.24, 2.45) is 0 Å². The molecule has 0 unspecified atom stereocenters. The van der Waals surface area contributed by atoms with Gasteiger partial charge in [-0.1, -0.05) is 12.1 Å². The fraction of sp³-hybridized carbons (Fsp3) is 0.150. The van der Waals surface area contributed by atoms with E-state index in [4.69, 9.17) is 12.2 Å². The van der Waals surface area contributed by atoms with Crippen LogP contribution in [0.15, 0.2) is 55.0 Å². The maximum absolute atomic E-state index is 9.61. The van der Waals surface area contributed by atoms with Crippen molar-refractivity contribution < 1.29 is 5.11 Å². The highest BCUT2D eigenvalue weighted by molar-refractivity contribution is 7.80. The van der Waals surface area contributed by atoms with Crippen molar-refractivity contribution in [3.63, 3.8) is 0 Å². The van der Waals surface area contributed by atoms with Crippen molar-refractivity contribution in [3.8, 4) is 17.0 Å². The third-order valence-corrected chi connectivity index (χ3v) is 4.42. The second-order valence-corrected chi connectivity index (χ2v) is 6.78. The number of pyridine rings is 1. The van der Waals surface area contributed by atoms with Crippen molar-refractivity contribution in [2.45, 2.75) is 13.5 Å². The Labute approximate surface area is 172 Å². The Hall–Kier alpha value is -3.59. The Morgan fingerprint density at radius 1 is 1.17 bits per heavy atom. The molecule has 9 heteroatoms. The first-order valence-corrected chi connectivity index (χ1v) is 9.51. The van der Waals surface area contributed by atoms with Gasteiger partial charge in [-0.25, -0.2) is 9.97 Å². The van der Waals surface area contributed by atoms with Crippen LogP contribution in [0, 0.1) is 0 Å². The van der Waals surface area contributed by atoms with Crippen LogP contribution in [0.25, 0.3) is 22.4 Å². The van der Waals surface area contributed by atoms with E-state index in [1.165, 1.54) is 0 Å². The van der Waals surface area contributed by atoms with Gasteiger partial charge in [0.1, 0.15) is 17.1 Å². The van der Waals surface area contributed by atoms with E-state index in [2.05, 4.69) is 30.7 Å². The van der Waals surface area contributed by atoms with E-state index in [0.29, 0.717) is 34.3 Å². The number of phenols is 1. The Morgan fingerprint density at radius 2 is 2.07 bits per heavy atom. The topological polar surface area (TPSA) is 101 Å². The molecular formula is C20H19N7OS. The Balaban J connectivity index is 1.57. The van der Waals surface area contributed by atoms with Crippen molar-refractivity contribution in [2.75, 3.05) is 11.9 Å². The monoisotopic (exact) mass is 405 g/mol. The van der Waals surface area contributed by atoms with Crippen LogP contribution >= 0.6 is 12.2 Å². The van der Waals surface area contributed by atoms with Crippen LogP contribution in [0.2, 0.25) is 0 Å². The molecular weight excluding hydrogens is 386 g/mol. The van der Waals surface area contributed by atoms with Crippen LogP contribution in [0.5, 0.6) is 5.75 Å². The lowest BCUT2D eigenvalue weighted by molar-refractivity contribution is 0.474. The first-order valence-electron chi connectivity index (χ1n) is 9.10. The quantitative estimate of drug-likeness (QED) is 0.436. The molecule has 0 saturated carbocycles. The molecule has 3 aromatic heterocycles. The number of aromatic hydroxyl groups is 1. The van der Waals surface area contributed by atoms with E-state index in [1.807, 2.05) is 37.4 Å². The highest BCUT2D eigenvalue weighted by Crippen LogP contribution is 2.20. The van der Waals surface area contributed by atoms with Crippen LogP contribution < -0.4 is 10.6 Å². The number of hydrogen-bond donors (Lipinski definition) is 3. The Morgan fingerprint density at radius 3 is 2.90 bits per heavy atom. The van der Waals surface area contributed by atoms with Crippen LogP contribution in [0.4, 0.5) is 5.82 Å². The van der Waals surface area contributed by atoms with Crippen LogP contribution in [0.1, 0.15) is 12.5 Å². The number of hydrogen-bond acceptors (Lipinski definition) is 6. The summed E-state index contributed by atoms with van der Waals surface area (Å²) in [6, 6.07) is 10.8. The largest absolute Gasteiger partial charge is 0.508 e. The molecule has 29 heavy (non-hydrogen) atoms. The summed E-state index contributed by atoms with van der Waals surface area (Å²) in [5.74, 6) is 0.842. The predicted molar refractivity (Wildman–Crippen MR) is 116 cm³/mol. The maximum Gasteiger partial charge on any atom is 0.180 e. The number of rotatable bonds is 5. The van der Waals surface area contributed by atoms with E-state index in [9.17, 15) is 5.11 Å². The molecule has 0 bridgehead atoms. The third-order valence-electron chi connectivity index (χ3n) is 4.17. The highest BCUT2D eigenvalue weighted by atomic mass is 32.1. The van der Waals surface area contributed by atoms with Crippen LogP contribution in [-0.4, -0.2) is 41.5 Å². The van der Waals surface area contributed by atoms with Crippen LogP contribution in [0.3, 0.4) is 0 Å². The molecule has 4 aromatic rings. The van der Waals surface area contributed by atoms with Gasteiger partial charge in [0.15, 0.2) is 10.8 Å².